The minimum absolute atomic E-state index is 0.292. The topological polar surface area (TPSA) is 69.7 Å². The summed E-state index contributed by atoms with van der Waals surface area (Å²) in [6, 6.07) is 16.2. The van der Waals surface area contributed by atoms with E-state index < -0.39 is 23.4 Å². The molecular formula is C20H19N3O3. The number of benzene rings is 2. The molecule has 1 spiro atoms. The first kappa shape index (κ1) is 16.3. The summed E-state index contributed by atoms with van der Waals surface area (Å²) in [5, 5.41) is 2.68. The van der Waals surface area contributed by atoms with Gasteiger partial charge in [0.1, 0.15) is 0 Å². The van der Waals surface area contributed by atoms with Gasteiger partial charge in [-0.15, -0.1) is 0 Å². The lowest BCUT2D eigenvalue weighted by atomic mass is 9.91. The number of anilines is 1. The van der Waals surface area contributed by atoms with Gasteiger partial charge in [0.05, 0.1) is 12.2 Å². The molecule has 1 N–H and O–H groups in total. The molecule has 2 heterocycles. The third-order valence-corrected chi connectivity index (χ3v) is 4.90. The van der Waals surface area contributed by atoms with E-state index in [-0.39, 0.29) is 0 Å². The molecule has 2 aliphatic heterocycles. The zero-order valence-corrected chi connectivity index (χ0v) is 14.4. The van der Waals surface area contributed by atoms with Crippen LogP contribution in [0.25, 0.3) is 0 Å². The highest BCUT2D eigenvalue weighted by Crippen LogP contribution is 2.44. The van der Waals surface area contributed by atoms with Crippen molar-refractivity contribution in [1.29, 1.82) is 0 Å². The Kier molecular flexibility index (Phi) is 3.76. The van der Waals surface area contributed by atoms with Crippen molar-refractivity contribution in [3.63, 3.8) is 0 Å². The van der Waals surface area contributed by atoms with E-state index in [0.717, 1.165) is 10.5 Å². The summed E-state index contributed by atoms with van der Waals surface area (Å²) in [6.45, 7) is 2.52. The Morgan fingerprint density at radius 2 is 1.54 bits per heavy atom. The first-order valence-corrected chi connectivity index (χ1v) is 8.69. The smallest absolute Gasteiger partial charge is 0.311 e. The molecule has 6 nitrogen and oxygen atoms in total. The molecule has 2 aromatic carbocycles. The summed E-state index contributed by atoms with van der Waals surface area (Å²) in [5.41, 5.74) is 0.513. The Hall–Kier alpha value is -3.15. The third kappa shape index (κ3) is 2.15. The molecule has 2 aliphatic rings. The van der Waals surface area contributed by atoms with Crippen molar-refractivity contribution in [3.8, 4) is 0 Å². The largest absolute Gasteiger partial charge is 0.325 e. The number of imide groups is 1. The van der Waals surface area contributed by atoms with E-state index in [4.69, 9.17) is 0 Å². The summed E-state index contributed by atoms with van der Waals surface area (Å²) in [4.78, 5) is 41.6. The third-order valence-electron chi connectivity index (χ3n) is 4.90. The van der Waals surface area contributed by atoms with Gasteiger partial charge in [0, 0.05) is 12.1 Å². The lowest BCUT2D eigenvalue weighted by Crippen LogP contribution is -2.52. The molecule has 0 aliphatic carbocycles. The maximum atomic E-state index is 13.4. The van der Waals surface area contributed by atoms with Gasteiger partial charge in [0.2, 0.25) is 5.54 Å². The summed E-state index contributed by atoms with van der Waals surface area (Å²) in [5.74, 6) is -0.892. The lowest BCUT2D eigenvalue weighted by Gasteiger charge is -2.22. The number of urea groups is 1. The monoisotopic (exact) mass is 349 g/mol. The highest BCUT2D eigenvalue weighted by Gasteiger charge is 2.63. The zero-order chi connectivity index (χ0) is 18.3. The fourth-order valence-electron chi connectivity index (χ4n) is 3.71. The van der Waals surface area contributed by atoms with Crippen LogP contribution in [0.15, 0.2) is 54.6 Å². The van der Waals surface area contributed by atoms with Gasteiger partial charge in [-0.3, -0.25) is 14.5 Å². The fourth-order valence-corrected chi connectivity index (χ4v) is 3.71. The van der Waals surface area contributed by atoms with Crippen LogP contribution >= 0.6 is 0 Å². The minimum Gasteiger partial charge on any atom is -0.311 e. The van der Waals surface area contributed by atoms with E-state index in [2.05, 4.69) is 5.32 Å². The number of para-hydroxylation sites is 1. The number of carbonyl (C=O) groups excluding carboxylic acids is 3. The lowest BCUT2D eigenvalue weighted by molar-refractivity contribution is -0.138. The van der Waals surface area contributed by atoms with E-state index in [9.17, 15) is 14.4 Å². The predicted molar refractivity (Wildman–Crippen MR) is 96.3 cm³/mol. The Bertz CT molecular complexity index is 896. The Labute approximate surface area is 151 Å². The van der Waals surface area contributed by atoms with Gasteiger partial charge in [0.25, 0.3) is 11.8 Å². The van der Waals surface area contributed by atoms with Crippen molar-refractivity contribution in [2.45, 2.75) is 25.4 Å². The molecule has 132 valence electrons. The average Bonchev–Trinajstić information content (AvgIpc) is 3.05. The van der Waals surface area contributed by atoms with Gasteiger partial charge in [0.15, 0.2) is 0 Å². The molecule has 1 unspecified atom stereocenters. The second-order valence-corrected chi connectivity index (χ2v) is 6.53. The van der Waals surface area contributed by atoms with Gasteiger partial charge in [-0.05, 0) is 18.1 Å². The van der Waals surface area contributed by atoms with Crippen LogP contribution in [0.1, 0.15) is 24.5 Å². The van der Waals surface area contributed by atoms with Crippen molar-refractivity contribution in [3.05, 3.63) is 65.7 Å². The average molecular weight is 349 g/mol. The van der Waals surface area contributed by atoms with E-state index >= 15 is 0 Å². The molecule has 4 rings (SSSR count). The number of hydrogen-bond acceptors (Lipinski definition) is 3. The molecule has 0 radical (unpaired) electrons. The van der Waals surface area contributed by atoms with Gasteiger partial charge in [-0.25, -0.2) is 4.79 Å². The van der Waals surface area contributed by atoms with Crippen LogP contribution in [0.3, 0.4) is 0 Å². The predicted octanol–water partition coefficient (Wildman–Crippen LogP) is 2.39. The zero-order valence-electron chi connectivity index (χ0n) is 14.4. The molecular weight excluding hydrogens is 330 g/mol. The highest BCUT2D eigenvalue weighted by molar-refractivity contribution is 6.27. The Morgan fingerprint density at radius 1 is 0.885 bits per heavy atom. The van der Waals surface area contributed by atoms with Gasteiger partial charge in [-0.2, -0.15) is 0 Å². The first-order chi connectivity index (χ1) is 12.6. The van der Waals surface area contributed by atoms with Crippen LogP contribution < -0.4 is 10.2 Å². The van der Waals surface area contributed by atoms with Gasteiger partial charge in [-0.1, -0.05) is 55.5 Å². The van der Waals surface area contributed by atoms with Crippen LogP contribution in [0.5, 0.6) is 0 Å². The summed E-state index contributed by atoms with van der Waals surface area (Å²) in [7, 11) is 0. The van der Waals surface area contributed by atoms with Gasteiger partial charge >= 0.3 is 6.03 Å². The summed E-state index contributed by atoms with van der Waals surface area (Å²) < 4.78 is 0. The molecule has 0 aromatic heterocycles. The second kappa shape index (κ2) is 5.98. The summed E-state index contributed by atoms with van der Waals surface area (Å²) in [6.07, 6.45) is 0.638. The molecule has 6 heteroatoms. The first-order valence-electron chi connectivity index (χ1n) is 8.69. The Morgan fingerprint density at radius 3 is 2.27 bits per heavy atom. The quantitative estimate of drug-likeness (QED) is 0.681. The van der Waals surface area contributed by atoms with Crippen molar-refractivity contribution >= 4 is 23.5 Å². The van der Waals surface area contributed by atoms with Gasteiger partial charge < -0.3 is 10.2 Å². The molecule has 26 heavy (non-hydrogen) atoms. The van der Waals surface area contributed by atoms with Crippen molar-refractivity contribution in [2.75, 3.05) is 11.4 Å². The van der Waals surface area contributed by atoms with E-state index in [0.29, 0.717) is 30.8 Å². The van der Waals surface area contributed by atoms with E-state index in [1.807, 2.05) is 49.4 Å². The number of carbonyl (C=O) groups is 3. The summed E-state index contributed by atoms with van der Waals surface area (Å²) >= 11 is 0. The van der Waals surface area contributed by atoms with Crippen molar-refractivity contribution < 1.29 is 14.4 Å². The van der Waals surface area contributed by atoms with Crippen LogP contribution in [0.2, 0.25) is 0 Å². The second-order valence-electron chi connectivity index (χ2n) is 6.53. The number of nitrogens with one attached hydrogen (secondary N) is 1. The van der Waals surface area contributed by atoms with Crippen molar-refractivity contribution in [1.82, 2.24) is 10.2 Å². The molecule has 1 atom stereocenters. The van der Waals surface area contributed by atoms with Crippen LogP contribution in [0, 0.1) is 0 Å². The molecule has 4 amide bonds. The normalized spacial score (nSPS) is 21.5. The van der Waals surface area contributed by atoms with Crippen LogP contribution in [-0.2, 0) is 21.7 Å². The van der Waals surface area contributed by atoms with Crippen molar-refractivity contribution in [2.24, 2.45) is 0 Å². The minimum atomic E-state index is -1.64. The maximum absolute atomic E-state index is 13.4. The number of hydrogen-bond donors (Lipinski definition) is 1. The SMILES string of the molecule is CCCN1C(=O)NC2(C1=O)C(=O)N(Cc1ccccc1)c1ccccc12. The fraction of sp³-hybridized carbons (Fsp3) is 0.250. The van der Waals surface area contributed by atoms with Crippen LogP contribution in [-0.4, -0.2) is 29.3 Å². The number of fused-ring (bicyclic) bond motifs is 2. The molecule has 0 bridgehead atoms. The van der Waals surface area contributed by atoms with E-state index in [1.54, 1.807) is 17.0 Å². The highest BCUT2D eigenvalue weighted by atomic mass is 16.2. The molecule has 1 saturated heterocycles. The maximum Gasteiger partial charge on any atom is 0.325 e. The van der Waals surface area contributed by atoms with E-state index in [1.165, 1.54) is 0 Å². The van der Waals surface area contributed by atoms with Crippen LogP contribution in [0.4, 0.5) is 10.5 Å². The number of rotatable bonds is 4. The number of nitrogens with zero attached hydrogens (tertiary/aromatic N) is 2. The molecule has 2 aromatic rings. The molecule has 1 fully saturated rings. The molecule has 0 saturated carbocycles. The Balaban J connectivity index is 1.80. The number of amides is 4. The standard InChI is InChI=1S/C20H19N3O3/c1-2-12-22-17(24)20(21-19(22)26)15-10-6-7-11-16(15)23(18(20)25)13-14-8-4-3-5-9-14/h3-11H,2,12-13H2,1H3,(H,21,26).